The van der Waals surface area contributed by atoms with Crippen LogP contribution in [0.4, 0.5) is 11.5 Å². The lowest BCUT2D eigenvalue weighted by Crippen LogP contribution is -2.18. The fourth-order valence-corrected chi connectivity index (χ4v) is 3.04. The van der Waals surface area contributed by atoms with E-state index in [0.29, 0.717) is 10.3 Å². The van der Waals surface area contributed by atoms with Crippen molar-refractivity contribution < 1.29 is 4.79 Å². The lowest BCUT2D eigenvalue weighted by Gasteiger charge is -2.13. The SMILES string of the molecule is CSC1(CNc2ccc(C(=O)Nc3ccc(C)cc3)cn2)CC1. The van der Waals surface area contributed by atoms with Crippen molar-refractivity contribution in [1.82, 2.24) is 4.98 Å². The van der Waals surface area contributed by atoms with Crippen LogP contribution in [0.15, 0.2) is 42.6 Å². The molecule has 1 amide bonds. The highest BCUT2D eigenvalue weighted by Crippen LogP contribution is 2.46. The Balaban J connectivity index is 1.57. The molecule has 2 aromatic rings. The van der Waals surface area contributed by atoms with Crippen molar-refractivity contribution in [1.29, 1.82) is 0 Å². The van der Waals surface area contributed by atoms with Crippen LogP contribution < -0.4 is 10.6 Å². The summed E-state index contributed by atoms with van der Waals surface area (Å²) in [5.41, 5.74) is 2.51. The molecule has 1 saturated carbocycles. The van der Waals surface area contributed by atoms with E-state index in [1.807, 2.05) is 49.0 Å². The fraction of sp³-hybridized carbons (Fsp3) is 0.333. The zero-order valence-electron chi connectivity index (χ0n) is 13.4. The Hall–Kier alpha value is -2.01. The molecule has 1 aromatic carbocycles. The highest BCUT2D eigenvalue weighted by atomic mass is 32.2. The highest BCUT2D eigenvalue weighted by Gasteiger charge is 2.41. The molecule has 5 heteroatoms. The first-order chi connectivity index (χ1) is 11.1. The third-order valence-corrected chi connectivity index (χ3v) is 5.59. The van der Waals surface area contributed by atoms with Gasteiger partial charge in [0.25, 0.3) is 5.91 Å². The summed E-state index contributed by atoms with van der Waals surface area (Å²) in [5, 5.41) is 6.23. The molecule has 0 atom stereocenters. The molecule has 120 valence electrons. The molecule has 4 nitrogen and oxygen atoms in total. The standard InChI is InChI=1S/C18H21N3OS/c1-13-3-6-15(7-4-13)21-17(22)14-5-8-16(19-11-14)20-12-18(23-2)9-10-18/h3-8,11H,9-10,12H2,1-2H3,(H,19,20)(H,21,22). The molecule has 0 spiro atoms. The van der Waals surface area contributed by atoms with Crippen LogP contribution in [0.25, 0.3) is 0 Å². The number of carbonyl (C=O) groups excluding carboxylic acids is 1. The Bertz CT molecular complexity index is 678. The van der Waals surface area contributed by atoms with Crippen molar-refractivity contribution in [2.75, 3.05) is 23.4 Å². The zero-order chi connectivity index (χ0) is 16.3. The first-order valence-electron chi connectivity index (χ1n) is 7.73. The Kier molecular flexibility index (Phi) is 4.57. The summed E-state index contributed by atoms with van der Waals surface area (Å²) < 4.78 is 0.392. The maximum Gasteiger partial charge on any atom is 0.257 e. The number of benzene rings is 1. The summed E-state index contributed by atoms with van der Waals surface area (Å²) in [4.78, 5) is 16.5. The average molecular weight is 327 g/mol. The van der Waals surface area contributed by atoms with Gasteiger partial charge in [0.1, 0.15) is 5.82 Å². The molecule has 23 heavy (non-hydrogen) atoms. The lowest BCUT2D eigenvalue weighted by molar-refractivity contribution is 0.102. The van der Waals surface area contributed by atoms with Gasteiger partial charge in [0.05, 0.1) is 5.56 Å². The van der Waals surface area contributed by atoms with Crippen molar-refractivity contribution in [2.24, 2.45) is 0 Å². The number of anilines is 2. The van der Waals surface area contributed by atoms with Crippen LogP contribution in [0.2, 0.25) is 0 Å². The van der Waals surface area contributed by atoms with Crippen LogP contribution in [-0.4, -0.2) is 28.4 Å². The minimum Gasteiger partial charge on any atom is -0.369 e. The third kappa shape index (κ3) is 4.05. The van der Waals surface area contributed by atoms with Crippen molar-refractivity contribution >= 4 is 29.2 Å². The Morgan fingerprint density at radius 3 is 2.52 bits per heavy atom. The van der Waals surface area contributed by atoms with Gasteiger partial charge in [-0.15, -0.1) is 0 Å². The minimum absolute atomic E-state index is 0.143. The monoisotopic (exact) mass is 327 g/mol. The summed E-state index contributed by atoms with van der Waals surface area (Å²) in [6.07, 6.45) is 6.29. The molecule has 1 aliphatic rings. The summed E-state index contributed by atoms with van der Waals surface area (Å²) in [6.45, 7) is 2.94. The van der Waals surface area contributed by atoms with Gasteiger partial charge >= 0.3 is 0 Å². The summed E-state index contributed by atoms with van der Waals surface area (Å²) in [7, 11) is 0. The first-order valence-corrected chi connectivity index (χ1v) is 8.96. The van der Waals surface area contributed by atoms with E-state index in [1.165, 1.54) is 18.4 Å². The quantitative estimate of drug-likeness (QED) is 0.843. The van der Waals surface area contributed by atoms with Crippen LogP contribution >= 0.6 is 11.8 Å². The maximum atomic E-state index is 12.2. The van der Waals surface area contributed by atoms with E-state index in [-0.39, 0.29) is 5.91 Å². The largest absolute Gasteiger partial charge is 0.369 e. The number of aryl methyl sites for hydroxylation is 1. The van der Waals surface area contributed by atoms with Crippen LogP contribution in [0.5, 0.6) is 0 Å². The number of carbonyl (C=O) groups is 1. The molecule has 0 saturated heterocycles. The van der Waals surface area contributed by atoms with Gasteiger partial charge in [0.2, 0.25) is 0 Å². The summed E-state index contributed by atoms with van der Waals surface area (Å²) >= 11 is 1.91. The van der Waals surface area contributed by atoms with Crippen molar-refractivity contribution in [3.63, 3.8) is 0 Å². The van der Waals surface area contributed by atoms with Gasteiger partial charge in [-0.3, -0.25) is 4.79 Å². The normalized spacial score (nSPS) is 15.0. The average Bonchev–Trinajstić information content (AvgIpc) is 3.36. The predicted octanol–water partition coefficient (Wildman–Crippen LogP) is 3.95. The summed E-state index contributed by atoms with van der Waals surface area (Å²) in [5.74, 6) is 0.674. The molecule has 2 N–H and O–H groups in total. The smallest absolute Gasteiger partial charge is 0.257 e. The van der Waals surface area contributed by atoms with Gasteiger partial charge in [-0.2, -0.15) is 11.8 Å². The fourth-order valence-electron chi connectivity index (χ4n) is 2.32. The van der Waals surface area contributed by atoms with E-state index in [0.717, 1.165) is 18.1 Å². The highest BCUT2D eigenvalue weighted by molar-refractivity contribution is 8.00. The van der Waals surface area contributed by atoms with Crippen LogP contribution in [0.1, 0.15) is 28.8 Å². The van der Waals surface area contributed by atoms with Crippen molar-refractivity contribution in [3.8, 4) is 0 Å². The molecular weight excluding hydrogens is 306 g/mol. The number of amides is 1. The molecule has 0 radical (unpaired) electrons. The van der Waals surface area contributed by atoms with Gasteiger partial charge in [-0.25, -0.2) is 4.98 Å². The number of rotatable bonds is 6. The van der Waals surface area contributed by atoms with Crippen molar-refractivity contribution in [3.05, 3.63) is 53.7 Å². The number of thioether (sulfide) groups is 1. The second-order valence-electron chi connectivity index (χ2n) is 5.99. The second-order valence-corrected chi connectivity index (χ2v) is 7.27. The molecule has 1 aliphatic carbocycles. The second kappa shape index (κ2) is 6.62. The number of pyridine rings is 1. The van der Waals surface area contributed by atoms with E-state index in [2.05, 4.69) is 21.9 Å². The number of nitrogens with zero attached hydrogens (tertiary/aromatic N) is 1. The van der Waals surface area contributed by atoms with E-state index in [1.54, 1.807) is 12.3 Å². The van der Waals surface area contributed by atoms with E-state index >= 15 is 0 Å². The minimum atomic E-state index is -0.143. The molecule has 1 aromatic heterocycles. The zero-order valence-corrected chi connectivity index (χ0v) is 14.2. The lowest BCUT2D eigenvalue weighted by atomic mass is 10.2. The number of hydrogen-bond donors (Lipinski definition) is 2. The van der Waals surface area contributed by atoms with Gasteiger partial charge in [-0.05, 0) is 50.3 Å². The number of aromatic nitrogens is 1. The number of hydrogen-bond acceptors (Lipinski definition) is 4. The van der Waals surface area contributed by atoms with Gasteiger partial charge < -0.3 is 10.6 Å². The maximum absolute atomic E-state index is 12.2. The summed E-state index contributed by atoms with van der Waals surface area (Å²) in [6, 6.07) is 11.4. The number of nitrogens with one attached hydrogen (secondary N) is 2. The Morgan fingerprint density at radius 1 is 1.22 bits per heavy atom. The predicted molar refractivity (Wildman–Crippen MR) is 97.3 cm³/mol. The van der Waals surface area contributed by atoms with E-state index in [4.69, 9.17) is 0 Å². The van der Waals surface area contributed by atoms with Crippen molar-refractivity contribution in [2.45, 2.75) is 24.5 Å². The van der Waals surface area contributed by atoms with Gasteiger partial charge in [0, 0.05) is 23.2 Å². The molecule has 0 aliphatic heterocycles. The first kappa shape index (κ1) is 15.9. The van der Waals surface area contributed by atoms with Crippen LogP contribution in [0.3, 0.4) is 0 Å². The third-order valence-electron chi connectivity index (χ3n) is 4.17. The van der Waals surface area contributed by atoms with E-state index < -0.39 is 0 Å². The Morgan fingerprint density at radius 2 is 1.96 bits per heavy atom. The van der Waals surface area contributed by atoms with E-state index in [9.17, 15) is 4.79 Å². The van der Waals surface area contributed by atoms with Crippen LogP contribution in [-0.2, 0) is 0 Å². The molecule has 1 fully saturated rings. The Labute approximate surface area is 141 Å². The van der Waals surface area contributed by atoms with Gasteiger partial charge in [0.15, 0.2) is 0 Å². The molecule has 0 unspecified atom stereocenters. The molecule has 1 heterocycles. The molecule has 3 rings (SSSR count). The van der Waals surface area contributed by atoms with Crippen LogP contribution in [0, 0.1) is 6.92 Å². The molecular formula is C18H21N3OS. The molecule has 0 bridgehead atoms. The van der Waals surface area contributed by atoms with Gasteiger partial charge in [-0.1, -0.05) is 17.7 Å². The topological polar surface area (TPSA) is 54.0 Å².